The van der Waals surface area contributed by atoms with Crippen molar-refractivity contribution in [3.8, 4) is 0 Å². The van der Waals surface area contributed by atoms with Gasteiger partial charge in [-0.1, -0.05) is 12.1 Å². The van der Waals surface area contributed by atoms with Crippen molar-refractivity contribution in [3.05, 3.63) is 51.6 Å². The Labute approximate surface area is 91.6 Å². The van der Waals surface area contributed by atoms with Crippen LogP contribution in [0.2, 0.25) is 0 Å². The third-order valence-electron chi connectivity index (χ3n) is 2.90. The lowest BCUT2D eigenvalue weighted by atomic mass is 9.97. The van der Waals surface area contributed by atoms with Crippen molar-refractivity contribution in [2.24, 2.45) is 0 Å². The summed E-state index contributed by atoms with van der Waals surface area (Å²) in [5, 5.41) is 12.6. The lowest BCUT2D eigenvalue weighted by molar-refractivity contribution is -0.383. The highest BCUT2D eigenvalue weighted by atomic mass is 16.6. The third-order valence-corrected chi connectivity index (χ3v) is 2.90. The first-order chi connectivity index (χ1) is 7.77. The van der Waals surface area contributed by atoms with Gasteiger partial charge in [0.1, 0.15) is 0 Å². The van der Waals surface area contributed by atoms with E-state index in [0.717, 1.165) is 16.5 Å². The summed E-state index contributed by atoms with van der Waals surface area (Å²) in [5.41, 5.74) is 2.23. The molecule has 0 bridgehead atoms. The summed E-state index contributed by atoms with van der Waals surface area (Å²) in [6.07, 6.45) is 0. The minimum atomic E-state index is -0.335. The molecule has 0 aliphatic carbocycles. The molecule has 0 fully saturated rings. The Hall–Kier alpha value is -1.94. The summed E-state index contributed by atoms with van der Waals surface area (Å²) >= 11 is 0. The molecule has 2 aromatic rings. The van der Waals surface area contributed by atoms with Crippen LogP contribution in [0, 0.1) is 10.1 Å². The van der Waals surface area contributed by atoms with Crippen LogP contribution in [-0.4, -0.2) is 4.92 Å². The van der Waals surface area contributed by atoms with Crippen molar-refractivity contribution in [2.75, 3.05) is 0 Å². The predicted molar refractivity (Wildman–Crippen MR) is 59.1 cm³/mol. The number of ether oxygens (including phenoxy) is 1. The Morgan fingerprint density at radius 1 is 1.12 bits per heavy atom. The van der Waals surface area contributed by atoms with Crippen LogP contribution >= 0.6 is 0 Å². The van der Waals surface area contributed by atoms with Gasteiger partial charge in [0.05, 0.1) is 23.5 Å². The van der Waals surface area contributed by atoms with E-state index in [9.17, 15) is 10.1 Å². The van der Waals surface area contributed by atoms with E-state index in [-0.39, 0.29) is 10.6 Å². The van der Waals surface area contributed by atoms with Crippen LogP contribution in [0.25, 0.3) is 10.8 Å². The van der Waals surface area contributed by atoms with Gasteiger partial charge in [-0.25, -0.2) is 0 Å². The smallest absolute Gasteiger partial charge is 0.277 e. The average Bonchev–Trinajstić information content (AvgIpc) is 2.30. The van der Waals surface area contributed by atoms with Crippen molar-refractivity contribution in [1.29, 1.82) is 0 Å². The molecule has 0 unspecified atom stereocenters. The van der Waals surface area contributed by atoms with Gasteiger partial charge in [-0.2, -0.15) is 0 Å². The highest BCUT2D eigenvalue weighted by Gasteiger charge is 2.19. The second kappa shape index (κ2) is 3.28. The molecule has 0 amide bonds. The Morgan fingerprint density at radius 2 is 1.88 bits per heavy atom. The van der Waals surface area contributed by atoms with Crippen molar-refractivity contribution < 1.29 is 9.66 Å². The maximum Gasteiger partial charge on any atom is 0.277 e. The number of rotatable bonds is 1. The quantitative estimate of drug-likeness (QED) is 0.543. The second-order valence-corrected chi connectivity index (χ2v) is 3.83. The lowest BCUT2D eigenvalue weighted by Crippen LogP contribution is -2.04. The Balaban J connectivity index is 2.45. The number of nitro benzene ring substituents is 1. The first-order valence-electron chi connectivity index (χ1n) is 5.03. The van der Waals surface area contributed by atoms with Crippen molar-refractivity contribution in [1.82, 2.24) is 0 Å². The van der Waals surface area contributed by atoms with Crippen molar-refractivity contribution in [2.45, 2.75) is 13.2 Å². The highest BCUT2D eigenvalue weighted by molar-refractivity contribution is 5.95. The normalized spacial score (nSPS) is 14.0. The van der Waals surface area contributed by atoms with Crippen LogP contribution in [0.4, 0.5) is 5.69 Å². The molecule has 1 aliphatic heterocycles. The van der Waals surface area contributed by atoms with Gasteiger partial charge in [0.25, 0.3) is 5.69 Å². The van der Waals surface area contributed by atoms with E-state index in [1.807, 2.05) is 12.1 Å². The summed E-state index contributed by atoms with van der Waals surface area (Å²) < 4.78 is 5.42. The average molecular weight is 215 g/mol. The van der Waals surface area contributed by atoms with Gasteiger partial charge in [-0.15, -0.1) is 0 Å². The summed E-state index contributed by atoms with van der Waals surface area (Å²) in [6, 6.07) is 8.92. The molecular weight excluding hydrogens is 206 g/mol. The molecule has 80 valence electrons. The third kappa shape index (κ3) is 1.20. The first kappa shape index (κ1) is 9.30. The molecule has 0 saturated carbocycles. The summed E-state index contributed by atoms with van der Waals surface area (Å²) in [4.78, 5) is 10.6. The van der Waals surface area contributed by atoms with Crippen molar-refractivity contribution in [3.63, 3.8) is 0 Å². The highest BCUT2D eigenvalue weighted by Crippen LogP contribution is 2.34. The molecular formula is C12H9NO3. The molecule has 0 saturated heterocycles. The lowest BCUT2D eigenvalue weighted by Gasteiger charge is -2.17. The Kier molecular flexibility index (Phi) is 1.91. The van der Waals surface area contributed by atoms with E-state index in [2.05, 4.69) is 0 Å². The molecule has 0 atom stereocenters. The first-order valence-corrected chi connectivity index (χ1v) is 5.03. The van der Waals surface area contributed by atoms with Crippen LogP contribution in [0.1, 0.15) is 11.1 Å². The minimum Gasteiger partial charge on any atom is -0.372 e. The molecule has 3 rings (SSSR count). The number of nitrogens with zero attached hydrogens (tertiary/aromatic N) is 1. The molecule has 16 heavy (non-hydrogen) atoms. The van der Waals surface area contributed by atoms with Crippen LogP contribution in [0.15, 0.2) is 30.3 Å². The van der Waals surface area contributed by atoms with Gasteiger partial charge < -0.3 is 4.74 Å². The van der Waals surface area contributed by atoms with Crippen LogP contribution in [0.3, 0.4) is 0 Å². The van der Waals surface area contributed by atoms with Gasteiger partial charge in [-0.05, 0) is 28.6 Å². The number of hydrogen-bond acceptors (Lipinski definition) is 3. The summed E-state index contributed by atoms with van der Waals surface area (Å²) in [5.74, 6) is 0. The van der Waals surface area contributed by atoms with E-state index in [4.69, 9.17) is 4.74 Å². The fourth-order valence-electron chi connectivity index (χ4n) is 2.22. The standard InChI is InChI=1S/C12H9NO3/c14-13(15)11-5-4-9-7-16-6-8-2-1-3-10(11)12(8)9/h1-5H,6-7H2. The number of non-ortho nitro benzene ring substituents is 1. The molecule has 1 heterocycles. The van der Waals surface area contributed by atoms with Gasteiger partial charge in [0, 0.05) is 6.07 Å². The molecule has 0 N–H and O–H groups in total. The maximum absolute atomic E-state index is 10.9. The van der Waals surface area contributed by atoms with E-state index < -0.39 is 0 Å². The maximum atomic E-state index is 10.9. The molecule has 0 spiro atoms. The molecule has 4 heteroatoms. The number of benzene rings is 2. The van der Waals surface area contributed by atoms with Crippen LogP contribution < -0.4 is 0 Å². The largest absolute Gasteiger partial charge is 0.372 e. The molecule has 1 aliphatic rings. The zero-order chi connectivity index (χ0) is 11.1. The van der Waals surface area contributed by atoms with E-state index in [0.29, 0.717) is 18.6 Å². The van der Waals surface area contributed by atoms with E-state index >= 15 is 0 Å². The predicted octanol–water partition coefficient (Wildman–Crippen LogP) is 2.78. The summed E-state index contributed by atoms with van der Waals surface area (Å²) in [7, 11) is 0. The van der Waals surface area contributed by atoms with Crippen LogP contribution in [0.5, 0.6) is 0 Å². The SMILES string of the molecule is O=[N+]([O-])c1ccc2c3c(cccc13)COC2. The second-order valence-electron chi connectivity index (χ2n) is 3.83. The van der Waals surface area contributed by atoms with Crippen LogP contribution in [-0.2, 0) is 18.0 Å². The van der Waals surface area contributed by atoms with E-state index in [1.165, 1.54) is 0 Å². The van der Waals surface area contributed by atoms with Gasteiger partial charge in [-0.3, -0.25) is 10.1 Å². The molecule has 0 aromatic heterocycles. The fraction of sp³-hybridized carbons (Fsp3) is 0.167. The molecule has 0 radical (unpaired) electrons. The van der Waals surface area contributed by atoms with Crippen molar-refractivity contribution >= 4 is 16.5 Å². The Bertz CT molecular complexity index is 582. The summed E-state index contributed by atoms with van der Waals surface area (Å²) in [6.45, 7) is 1.07. The number of hydrogen-bond donors (Lipinski definition) is 0. The molecule has 2 aromatic carbocycles. The number of nitro groups is 1. The zero-order valence-electron chi connectivity index (χ0n) is 8.47. The topological polar surface area (TPSA) is 52.4 Å². The van der Waals surface area contributed by atoms with Gasteiger partial charge in [0.2, 0.25) is 0 Å². The molecule has 4 nitrogen and oxygen atoms in total. The fourth-order valence-corrected chi connectivity index (χ4v) is 2.22. The van der Waals surface area contributed by atoms with Gasteiger partial charge >= 0.3 is 0 Å². The monoisotopic (exact) mass is 215 g/mol. The minimum absolute atomic E-state index is 0.169. The zero-order valence-corrected chi connectivity index (χ0v) is 8.47. The Morgan fingerprint density at radius 3 is 2.62 bits per heavy atom. The van der Waals surface area contributed by atoms with E-state index in [1.54, 1.807) is 18.2 Å². The van der Waals surface area contributed by atoms with Gasteiger partial charge in [0.15, 0.2) is 0 Å².